The zero-order valence-corrected chi connectivity index (χ0v) is 22.7. The standard InChI is InChI=1S/C28H31N5O5S/c1-3-22-14-23-25(30-28(31-26(23)39-22)38-17-21(35)16-34)32-10-12-33(13-11-32)27(36)19-6-4-18(5-7-19)20-8-9-24(37-2)29-15-20/h4-9,14-15,21,34-35H,3,10-13,16-17H2,1-2H3/t21-/m1/s1. The van der Waals surface area contributed by atoms with Crippen LogP contribution in [0.25, 0.3) is 21.3 Å². The van der Waals surface area contributed by atoms with E-state index in [0.717, 1.165) is 33.6 Å². The van der Waals surface area contributed by atoms with Crippen molar-refractivity contribution in [3.63, 3.8) is 0 Å². The molecule has 1 aliphatic rings. The summed E-state index contributed by atoms with van der Waals surface area (Å²) in [5.41, 5.74) is 2.57. The highest BCUT2D eigenvalue weighted by molar-refractivity contribution is 7.18. The Balaban J connectivity index is 1.28. The van der Waals surface area contributed by atoms with Crippen LogP contribution in [0, 0.1) is 0 Å². The molecular weight excluding hydrogens is 518 g/mol. The summed E-state index contributed by atoms with van der Waals surface area (Å²) in [6.45, 7) is 3.94. The first kappa shape index (κ1) is 26.8. The van der Waals surface area contributed by atoms with Crippen LogP contribution in [-0.4, -0.2) is 88.6 Å². The molecule has 0 aliphatic carbocycles. The number of aliphatic hydroxyl groups excluding tert-OH is 2. The molecule has 1 amide bonds. The van der Waals surface area contributed by atoms with Gasteiger partial charge in [0, 0.05) is 54.4 Å². The summed E-state index contributed by atoms with van der Waals surface area (Å²) in [5, 5.41) is 19.7. The Hall–Kier alpha value is -3.80. The summed E-state index contributed by atoms with van der Waals surface area (Å²) in [4.78, 5) is 32.7. The highest BCUT2D eigenvalue weighted by Crippen LogP contribution is 2.33. The number of methoxy groups -OCH3 is 1. The van der Waals surface area contributed by atoms with Gasteiger partial charge in [-0.15, -0.1) is 11.3 Å². The first-order valence-corrected chi connectivity index (χ1v) is 13.7. The van der Waals surface area contributed by atoms with Crippen molar-refractivity contribution in [2.75, 3.05) is 51.4 Å². The van der Waals surface area contributed by atoms with Crippen LogP contribution < -0.4 is 14.4 Å². The summed E-state index contributed by atoms with van der Waals surface area (Å²) in [7, 11) is 1.58. The second-order valence-corrected chi connectivity index (χ2v) is 10.3. The van der Waals surface area contributed by atoms with Crippen LogP contribution in [0.15, 0.2) is 48.7 Å². The molecule has 3 aromatic heterocycles. The SMILES string of the molecule is CCc1cc2c(N3CCN(C(=O)c4ccc(-c5ccc(OC)nc5)cc4)CC3)nc(OC[C@H](O)CO)nc2s1. The monoisotopic (exact) mass is 549 g/mol. The van der Waals surface area contributed by atoms with Gasteiger partial charge in [-0.3, -0.25) is 4.79 Å². The van der Waals surface area contributed by atoms with Gasteiger partial charge in [0.05, 0.1) is 19.1 Å². The van der Waals surface area contributed by atoms with Crippen molar-refractivity contribution in [1.29, 1.82) is 0 Å². The van der Waals surface area contributed by atoms with Gasteiger partial charge in [0.2, 0.25) is 5.88 Å². The van der Waals surface area contributed by atoms with Gasteiger partial charge in [0.1, 0.15) is 23.4 Å². The van der Waals surface area contributed by atoms with Crippen molar-refractivity contribution >= 4 is 33.3 Å². The van der Waals surface area contributed by atoms with Crippen molar-refractivity contribution in [3.05, 3.63) is 59.1 Å². The van der Waals surface area contributed by atoms with Gasteiger partial charge in [0.25, 0.3) is 5.91 Å². The molecule has 4 aromatic rings. The zero-order chi connectivity index (χ0) is 27.4. The van der Waals surface area contributed by atoms with E-state index in [-0.39, 0.29) is 18.5 Å². The van der Waals surface area contributed by atoms with Crippen LogP contribution in [0.4, 0.5) is 5.82 Å². The maximum absolute atomic E-state index is 13.3. The number of anilines is 1. The normalized spacial score (nSPS) is 14.5. The second-order valence-electron chi connectivity index (χ2n) is 9.21. The minimum Gasteiger partial charge on any atom is -0.481 e. The first-order chi connectivity index (χ1) is 19.0. The lowest BCUT2D eigenvalue weighted by Crippen LogP contribution is -2.49. The lowest BCUT2D eigenvalue weighted by atomic mass is 10.0. The number of aromatic nitrogens is 3. The lowest BCUT2D eigenvalue weighted by molar-refractivity contribution is 0.0506. The van der Waals surface area contributed by atoms with Crippen LogP contribution in [-0.2, 0) is 6.42 Å². The van der Waals surface area contributed by atoms with Gasteiger partial charge < -0.3 is 29.5 Å². The summed E-state index contributed by atoms with van der Waals surface area (Å²) in [5.74, 6) is 1.31. The minimum atomic E-state index is -1.00. The fraction of sp³-hybridized carbons (Fsp3) is 0.357. The molecule has 0 saturated carbocycles. The average Bonchev–Trinajstić information content (AvgIpc) is 3.43. The van der Waals surface area contributed by atoms with Crippen LogP contribution in [0.1, 0.15) is 22.2 Å². The van der Waals surface area contributed by atoms with Crippen molar-refractivity contribution in [2.24, 2.45) is 0 Å². The van der Waals surface area contributed by atoms with Crippen LogP contribution in [0.2, 0.25) is 0 Å². The van der Waals surface area contributed by atoms with E-state index >= 15 is 0 Å². The van der Waals surface area contributed by atoms with E-state index in [4.69, 9.17) is 14.6 Å². The second kappa shape index (κ2) is 11.9. The van der Waals surface area contributed by atoms with E-state index < -0.39 is 12.7 Å². The maximum atomic E-state index is 13.3. The Morgan fingerprint density at radius 3 is 2.46 bits per heavy atom. The number of rotatable bonds is 9. The molecule has 4 heterocycles. The molecule has 1 aromatic carbocycles. The molecule has 10 nitrogen and oxygen atoms in total. The van der Waals surface area contributed by atoms with Gasteiger partial charge in [-0.05, 0) is 36.2 Å². The fourth-order valence-electron chi connectivity index (χ4n) is 4.42. The van der Waals surface area contributed by atoms with E-state index in [1.54, 1.807) is 24.6 Å². The molecule has 204 valence electrons. The molecule has 1 fully saturated rings. The number of fused-ring (bicyclic) bond motifs is 1. The van der Waals surface area contributed by atoms with Crippen LogP contribution in [0.3, 0.4) is 0 Å². The van der Waals surface area contributed by atoms with E-state index in [1.807, 2.05) is 41.3 Å². The van der Waals surface area contributed by atoms with Gasteiger partial charge in [0.15, 0.2) is 0 Å². The predicted octanol–water partition coefficient (Wildman–Crippen LogP) is 3.02. The number of hydrogen-bond donors (Lipinski definition) is 2. The molecule has 11 heteroatoms. The predicted molar refractivity (Wildman–Crippen MR) is 150 cm³/mol. The fourth-order valence-corrected chi connectivity index (χ4v) is 5.37. The smallest absolute Gasteiger partial charge is 0.319 e. The van der Waals surface area contributed by atoms with Crippen molar-refractivity contribution < 1.29 is 24.5 Å². The Kier molecular flexibility index (Phi) is 8.20. The van der Waals surface area contributed by atoms with Crippen LogP contribution >= 0.6 is 11.3 Å². The van der Waals surface area contributed by atoms with Crippen LogP contribution in [0.5, 0.6) is 11.9 Å². The number of thiophene rings is 1. The number of carbonyl (C=O) groups is 1. The molecule has 0 radical (unpaired) electrons. The molecule has 5 rings (SSSR count). The summed E-state index contributed by atoms with van der Waals surface area (Å²) in [6.07, 6.45) is 1.63. The van der Waals surface area contributed by atoms with Crippen molar-refractivity contribution in [2.45, 2.75) is 19.4 Å². The maximum Gasteiger partial charge on any atom is 0.319 e. The number of piperazine rings is 1. The molecule has 2 N–H and O–H groups in total. The number of aliphatic hydroxyl groups is 2. The first-order valence-electron chi connectivity index (χ1n) is 12.9. The molecule has 0 spiro atoms. The van der Waals surface area contributed by atoms with Gasteiger partial charge >= 0.3 is 6.01 Å². The quantitative estimate of drug-likeness (QED) is 0.325. The summed E-state index contributed by atoms with van der Waals surface area (Å²) in [6, 6.07) is 13.6. The highest BCUT2D eigenvalue weighted by atomic mass is 32.1. The summed E-state index contributed by atoms with van der Waals surface area (Å²) >= 11 is 1.59. The number of carbonyl (C=O) groups excluding carboxylic acids is 1. The van der Waals surface area contributed by atoms with Crippen molar-refractivity contribution in [1.82, 2.24) is 19.9 Å². The molecular formula is C28H31N5O5S. The third-order valence-electron chi connectivity index (χ3n) is 6.64. The Morgan fingerprint density at radius 1 is 1.08 bits per heavy atom. The number of aryl methyl sites for hydroxylation is 1. The minimum absolute atomic E-state index is 0.00675. The molecule has 1 saturated heterocycles. The molecule has 39 heavy (non-hydrogen) atoms. The largest absolute Gasteiger partial charge is 0.481 e. The number of ether oxygens (including phenoxy) is 2. The van der Waals surface area contributed by atoms with E-state index in [2.05, 4.69) is 32.8 Å². The van der Waals surface area contributed by atoms with Gasteiger partial charge in [-0.2, -0.15) is 9.97 Å². The molecule has 1 atom stereocenters. The Morgan fingerprint density at radius 2 is 1.82 bits per heavy atom. The molecule has 0 unspecified atom stereocenters. The van der Waals surface area contributed by atoms with E-state index in [0.29, 0.717) is 37.6 Å². The molecule has 0 bridgehead atoms. The zero-order valence-electron chi connectivity index (χ0n) is 21.9. The van der Waals surface area contributed by atoms with Gasteiger partial charge in [-0.25, -0.2) is 4.98 Å². The van der Waals surface area contributed by atoms with Gasteiger partial charge in [-0.1, -0.05) is 19.1 Å². The lowest BCUT2D eigenvalue weighted by Gasteiger charge is -2.35. The van der Waals surface area contributed by atoms with E-state index in [9.17, 15) is 9.90 Å². The highest BCUT2D eigenvalue weighted by Gasteiger charge is 2.25. The number of pyridine rings is 1. The number of nitrogens with zero attached hydrogens (tertiary/aromatic N) is 5. The van der Waals surface area contributed by atoms with Crippen molar-refractivity contribution in [3.8, 4) is 23.0 Å². The van der Waals surface area contributed by atoms with E-state index in [1.165, 1.54) is 4.88 Å². The Labute approximate surface area is 230 Å². The summed E-state index contributed by atoms with van der Waals surface area (Å²) < 4.78 is 10.7. The number of hydrogen-bond acceptors (Lipinski definition) is 10. The Bertz CT molecular complexity index is 1420. The topological polar surface area (TPSA) is 121 Å². The number of benzene rings is 1. The third kappa shape index (κ3) is 5.95. The molecule has 1 aliphatic heterocycles. The third-order valence-corrected chi connectivity index (χ3v) is 7.82. The average molecular weight is 550 g/mol. The number of amides is 1.